The molecule has 0 unspecified atom stereocenters. The molecule has 0 aliphatic heterocycles. The Kier molecular flexibility index (Phi) is 5.76. The molecule has 0 atom stereocenters. The SMILES string of the molecule is CC(C)Oc1cccc(-c2n[nH]c(=S)n2/N=C\c2ccc(Cl)cc2Cl)c1. The molecule has 0 aliphatic rings. The van der Waals surface area contributed by atoms with Gasteiger partial charge >= 0.3 is 0 Å². The molecule has 0 spiro atoms. The highest BCUT2D eigenvalue weighted by atomic mass is 35.5. The van der Waals surface area contributed by atoms with Gasteiger partial charge in [-0.05, 0) is 50.3 Å². The van der Waals surface area contributed by atoms with Crippen molar-refractivity contribution < 1.29 is 4.74 Å². The second-order valence-corrected chi connectivity index (χ2v) is 7.00. The fraction of sp³-hybridized carbons (Fsp3) is 0.167. The molecule has 5 nitrogen and oxygen atoms in total. The number of hydrogen-bond acceptors (Lipinski definition) is 4. The van der Waals surface area contributed by atoms with Crippen LogP contribution in [0.4, 0.5) is 0 Å². The molecule has 0 amide bonds. The molecule has 1 aromatic heterocycles. The molecule has 0 aliphatic carbocycles. The zero-order valence-electron chi connectivity index (χ0n) is 14.1. The van der Waals surface area contributed by atoms with Crippen molar-refractivity contribution in [2.45, 2.75) is 20.0 Å². The highest BCUT2D eigenvalue weighted by molar-refractivity contribution is 7.71. The molecule has 26 heavy (non-hydrogen) atoms. The molecule has 2 aromatic carbocycles. The molecular formula is C18H16Cl2N4OS. The third-order valence-electron chi connectivity index (χ3n) is 3.39. The van der Waals surface area contributed by atoms with Crippen LogP contribution >= 0.6 is 35.4 Å². The minimum absolute atomic E-state index is 0.0798. The summed E-state index contributed by atoms with van der Waals surface area (Å²) in [6, 6.07) is 12.8. The van der Waals surface area contributed by atoms with Gasteiger partial charge in [0, 0.05) is 16.1 Å². The van der Waals surface area contributed by atoms with Crippen LogP contribution in [0.1, 0.15) is 19.4 Å². The maximum atomic E-state index is 6.18. The van der Waals surface area contributed by atoms with Crippen molar-refractivity contribution in [1.29, 1.82) is 0 Å². The van der Waals surface area contributed by atoms with E-state index >= 15 is 0 Å². The Morgan fingerprint density at radius 1 is 1.23 bits per heavy atom. The van der Waals surface area contributed by atoms with E-state index in [0.717, 1.165) is 16.9 Å². The second kappa shape index (κ2) is 8.03. The highest BCUT2D eigenvalue weighted by Gasteiger charge is 2.10. The van der Waals surface area contributed by atoms with Crippen molar-refractivity contribution >= 4 is 41.6 Å². The molecule has 134 valence electrons. The van der Waals surface area contributed by atoms with Gasteiger partial charge in [0.05, 0.1) is 17.3 Å². The van der Waals surface area contributed by atoms with Crippen molar-refractivity contribution in [3.8, 4) is 17.1 Å². The van der Waals surface area contributed by atoms with Crippen molar-refractivity contribution in [1.82, 2.24) is 14.9 Å². The molecule has 3 rings (SSSR count). The molecule has 0 fully saturated rings. The van der Waals surface area contributed by atoms with Crippen molar-refractivity contribution in [2.24, 2.45) is 5.10 Å². The maximum absolute atomic E-state index is 6.18. The van der Waals surface area contributed by atoms with Crippen LogP contribution in [0.15, 0.2) is 47.6 Å². The summed E-state index contributed by atoms with van der Waals surface area (Å²) in [5.74, 6) is 1.33. The van der Waals surface area contributed by atoms with Crippen LogP contribution in [0.2, 0.25) is 10.0 Å². The summed E-state index contributed by atoms with van der Waals surface area (Å²) in [6.45, 7) is 3.95. The van der Waals surface area contributed by atoms with Crippen molar-refractivity contribution in [3.63, 3.8) is 0 Å². The summed E-state index contributed by atoms with van der Waals surface area (Å²) in [7, 11) is 0. The lowest BCUT2D eigenvalue weighted by Crippen LogP contribution is -2.05. The quantitative estimate of drug-likeness (QED) is 0.444. The van der Waals surface area contributed by atoms with E-state index in [0.29, 0.717) is 20.6 Å². The van der Waals surface area contributed by atoms with Crippen LogP contribution < -0.4 is 4.74 Å². The number of benzene rings is 2. The molecule has 1 heterocycles. The zero-order valence-corrected chi connectivity index (χ0v) is 16.4. The van der Waals surface area contributed by atoms with Crippen LogP contribution in [0.25, 0.3) is 11.4 Å². The lowest BCUT2D eigenvalue weighted by atomic mass is 10.2. The van der Waals surface area contributed by atoms with Gasteiger partial charge in [0.25, 0.3) is 0 Å². The zero-order chi connectivity index (χ0) is 18.7. The van der Waals surface area contributed by atoms with Crippen LogP contribution in [0.5, 0.6) is 5.75 Å². The topological polar surface area (TPSA) is 55.2 Å². The number of aromatic nitrogens is 3. The first-order valence-electron chi connectivity index (χ1n) is 7.88. The summed E-state index contributed by atoms with van der Waals surface area (Å²) in [5.41, 5.74) is 1.55. The van der Waals surface area contributed by atoms with Gasteiger partial charge in [-0.2, -0.15) is 14.9 Å². The average Bonchev–Trinajstić information content (AvgIpc) is 2.94. The lowest BCUT2D eigenvalue weighted by Gasteiger charge is -2.10. The van der Waals surface area contributed by atoms with E-state index in [-0.39, 0.29) is 6.10 Å². The minimum atomic E-state index is 0.0798. The summed E-state index contributed by atoms with van der Waals surface area (Å²) in [6.07, 6.45) is 1.69. The van der Waals surface area contributed by atoms with Crippen LogP contribution in [-0.4, -0.2) is 27.2 Å². The number of ether oxygens (including phenoxy) is 1. The highest BCUT2D eigenvalue weighted by Crippen LogP contribution is 2.24. The number of halogens is 2. The predicted octanol–water partition coefficient (Wildman–Crippen LogP) is 5.58. The standard InChI is InChI=1S/C18H16Cl2N4OS/c1-11(2)25-15-5-3-4-12(8-15)17-22-23-18(26)24(17)21-10-13-6-7-14(19)9-16(13)20/h3-11H,1-2H3,(H,23,26)/b21-10-. The smallest absolute Gasteiger partial charge is 0.216 e. The maximum Gasteiger partial charge on any atom is 0.216 e. The van der Waals surface area contributed by atoms with Crippen LogP contribution in [0.3, 0.4) is 0 Å². The molecule has 3 aromatic rings. The number of H-pyrrole nitrogens is 1. The average molecular weight is 407 g/mol. The Morgan fingerprint density at radius 3 is 2.77 bits per heavy atom. The Balaban J connectivity index is 1.97. The van der Waals surface area contributed by atoms with Gasteiger partial charge in [0.2, 0.25) is 4.77 Å². The number of hydrogen-bond donors (Lipinski definition) is 1. The molecule has 0 radical (unpaired) electrons. The first kappa shape index (κ1) is 18.6. The molecule has 0 saturated heterocycles. The van der Waals surface area contributed by atoms with Crippen molar-refractivity contribution in [3.05, 3.63) is 62.8 Å². The van der Waals surface area contributed by atoms with Crippen LogP contribution in [-0.2, 0) is 0 Å². The number of nitrogens with one attached hydrogen (secondary N) is 1. The van der Waals surface area contributed by atoms with Gasteiger partial charge in [-0.25, -0.2) is 5.10 Å². The Hall–Kier alpha value is -2.15. The van der Waals surface area contributed by atoms with Crippen molar-refractivity contribution in [2.75, 3.05) is 0 Å². The number of nitrogens with zero attached hydrogens (tertiary/aromatic N) is 3. The normalized spacial score (nSPS) is 11.4. The Bertz CT molecular complexity index is 1010. The fourth-order valence-electron chi connectivity index (χ4n) is 2.29. The van der Waals surface area contributed by atoms with E-state index in [1.807, 2.05) is 38.1 Å². The number of rotatable bonds is 5. The molecule has 0 bridgehead atoms. The fourth-order valence-corrected chi connectivity index (χ4v) is 2.93. The minimum Gasteiger partial charge on any atom is -0.491 e. The van der Waals surface area contributed by atoms with E-state index in [1.165, 1.54) is 4.68 Å². The monoisotopic (exact) mass is 406 g/mol. The van der Waals surface area contributed by atoms with E-state index in [9.17, 15) is 0 Å². The first-order valence-corrected chi connectivity index (χ1v) is 9.04. The molecule has 8 heteroatoms. The first-order chi connectivity index (χ1) is 12.4. The number of aromatic amines is 1. The Labute approximate surface area is 166 Å². The molecular weight excluding hydrogens is 391 g/mol. The summed E-state index contributed by atoms with van der Waals surface area (Å²) >= 11 is 17.4. The van der Waals surface area contributed by atoms with Crippen LogP contribution in [0, 0.1) is 4.77 Å². The summed E-state index contributed by atoms with van der Waals surface area (Å²) in [5, 5.41) is 12.5. The molecule has 1 N–H and O–H groups in total. The summed E-state index contributed by atoms with van der Waals surface area (Å²) < 4.78 is 7.65. The largest absolute Gasteiger partial charge is 0.491 e. The van der Waals surface area contributed by atoms with Gasteiger partial charge in [-0.3, -0.25) is 0 Å². The van der Waals surface area contributed by atoms with Gasteiger partial charge in [-0.15, -0.1) is 0 Å². The van der Waals surface area contributed by atoms with E-state index in [2.05, 4.69) is 15.3 Å². The predicted molar refractivity (Wildman–Crippen MR) is 108 cm³/mol. The van der Waals surface area contributed by atoms with Gasteiger partial charge in [0.15, 0.2) is 5.82 Å². The van der Waals surface area contributed by atoms with Gasteiger partial charge in [0.1, 0.15) is 5.75 Å². The second-order valence-electron chi connectivity index (χ2n) is 5.77. The van der Waals surface area contributed by atoms with E-state index in [1.54, 1.807) is 24.4 Å². The third kappa shape index (κ3) is 4.33. The lowest BCUT2D eigenvalue weighted by molar-refractivity contribution is 0.242. The summed E-state index contributed by atoms with van der Waals surface area (Å²) in [4.78, 5) is 0. The van der Waals surface area contributed by atoms with E-state index in [4.69, 9.17) is 40.2 Å². The Morgan fingerprint density at radius 2 is 2.04 bits per heavy atom. The third-order valence-corrected chi connectivity index (χ3v) is 4.22. The van der Waals surface area contributed by atoms with Gasteiger partial charge in [-0.1, -0.05) is 41.4 Å². The van der Waals surface area contributed by atoms with E-state index < -0.39 is 0 Å². The molecule has 0 saturated carbocycles. The van der Waals surface area contributed by atoms with Gasteiger partial charge < -0.3 is 4.74 Å².